The molecule has 1 rings (SSSR count). The Morgan fingerprint density at radius 2 is 1.57 bits per heavy atom. The molecule has 2 N–H and O–H groups in total. The average molecular weight is 195 g/mol. The summed E-state index contributed by atoms with van der Waals surface area (Å²) in [5, 5.41) is 0. The van der Waals surface area contributed by atoms with E-state index in [0.29, 0.717) is 0 Å². The molecule has 0 saturated carbocycles. The third-order valence-corrected chi connectivity index (χ3v) is 2.61. The van der Waals surface area contributed by atoms with Gasteiger partial charge in [-0.1, -0.05) is 30.3 Å². The molecule has 2 nitrogen and oxygen atoms in total. The normalized spacial score (nSPS) is 9.93. The van der Waals surface area contributed by atoms with Crippen molar-refractivity contribution in [3.05, 3.63) is 35.9 Å². The molecule has 0 amide bonds. The van der Waals surface area contributed by atoms with Crippen molar-refractivity contribution in [2.75, 3.05) is 19.6 Å². The monoisotopic (exact) mass is 195 g/mol. The molecule has 0 aromatic heterocycles. The van der Waals surface area contributed by atoms with Gasteiger partial charge < -0.3 is 10.4 Å². The first-order valence-electron chi connectivity index (χ1n) is 5.24. The quantitative estimate of drug-likeness (QED) is 0.746. The molecule has 80 valence electrons. The van der Waals surface area contributed by atoms with Gasteiger partial charge in [-0.25, -0.2) is 0 Å². The maximum absolute atomic E-state index is 2.25. The van der Waals surface area contributed by atoms with Crippen molar-refractivity contribution < 1.29 is 10.4 Å². The minimum absolute atomic E-state index is 0. The third kappa shape index (κ3) is 4.40. The number of likely N-dealkylation sites (N-methyl/N-ethyl adjacent to an activating group) is 1. The van der Waals surface area contributed by atoms with E-state index in [2.05, 4.69) is 44.2 Å². The summed E-state index contributed by atoms with van der Waals surface area (Å²) in [5.41, 5.74) is 1.46. The zero-order valence-electron chi connectivity index (χ0n) is 9.16. The van der Waals surface area contributed by atoms with Gasteiger partial charge in [-0.05, 0) is 19.4 Å². The Labute approximate surface area is 86.9 Å². The molecule has 0 heterocycles. The fourth-order valence-corrected chi connectivity index (χ4v) is 1.57. The lowest BCUT2D eigenvalue weighted by molar-refractivity contribution is -0.896. The van der Waals surface area contributed by atoms with Crippen molar-refractivity contribution in [1.29, 1.82) is 0 Å². The van der Waals surface area contributed by atoms with E-state index < -0.39 is 0 Å². The van der Waals surface area contributed by atoms with Gasteiger partial charge in [-0.15, -0.1) is 0 Å². The SMILES string of the molecule is CC[NH+](CC)CCc1ccccc1.[OH-]. The number of hydrogen-bond acceptors (Lipinski definition) is 1. The number of quaternary nitrogens is 1. The highest BCUT2D eigenvalue weighted by atomic mass is 16.0. The van der Waals surface area contributed by atoms with Gasteiger partial charge in [-0.2, -0.15) is 0 Å². The van der Waals surface area contributed by atoms with Crippen LogP contribution in [0.25, 0.3) is 0 Å². The Morgan fingerprint density at radius 3 is 2.07 bits per heavy atom. The topological polar surface area (TPSA) is 34.4 Å². The molecule has 0 aliphatic rings. The van der Waals surface area contributed by atoms with Crippen LogP contribution in [-0.4, -0.2) is 25.1 Å². The molecule has 14 heavy (non-hydrogen) atoms. The van der Waals surface area contributed by atoms with Crippen molar-refractivity contribution in [2.24, 2.45) is 0 Å². The van der Waals surface area contributed by atoms with E-state index in [1.54, 1.807) is 4.90 Å². The largest absolute Gasteiger partial charge is 0.870 e. The maximum Gasteiger partial charge on any atom is 0.0811 e. The molecule has 2 heteroatoms. The number of nitrogens with one attached hydrogen (secondary N) is 1. The Hall–Kier alpha value is -0.860. The fraction of sp³-hybridized carbons (Fsp3) is 0.500. The van der Waals surface area contributed by atoms with Gasteiger partial charge in [-0.3, -0.25) is 0 Å². The van der Waals surface area contributed by atoms with E-state index in [1.165, 1.54) is 31.6 Å². The van der Waals surface area contributed by atoms with Crippen molar-refractivity contribution in [3.8, 4) is 0 Å². The van der Waals surface area contributed by atoms with Crippen LogP contribution in [0.3, 0.4) is 0 Å². The summed E-state index contributed by atoms with van der Waals surface area (Å²) < 4.78 is 0. The van der Waals surface area contributed by atoms with E-state index in [-0.39, 0.29) is 5.48 Å². The van der Waals surface area contributed by atoms with E-state index in [0.717, 1.165) is 0 Å². The molecule has 0 bridgehead atoms. The van der Waals surface area contributed by atoms with Gasteiger partial charge in [0.25, 0.3) is 0 Å². The van der Waals surface area contributed by atoms with E-state index >= 15 is 0 Å². The lowest BCUT2D eigenvalue weighted by Crippen LogP contribution is -3.11. The first kappa shape index (κ1) is 13.1. The van der Waals surface area contributed by atoms with Crippen LogP contribution in [0.5, 0.6) is 0 Å². The molecular weight excluding hydrogens is 174 g/mol. The summed E-state index contributed by atoms with van der Waals surface area (Å²) in [6, 6.07) is 10.7. The molecule has 1 aromatic carbocycles. The second-order valence-corrected chi connectivity index (χ2v) is 3.44. The molecule has 0 aliphatic heterocycles. The second kappa shape index (κ2) is 7.54. The number of hydrogen-bond donors (Lipinski definition) is 1. The first-order valence-corrected chi connectivity index (χ1v) is 5.24. The molecular formula is C12H21NO. The molecule has 0 radical (unpaired) electrons. The minimum atomic E-state index is 0. The van der Waals surface area contributed by atoms with Gasteiger partial charge >= 0.3 is 0 Å². The summed E-state index contributed by atoms with van der Waals surface area (Å²) in [7, 11) is 0. The number of rotatable bonds is 5. The van der Waals surface area contributed by atoms with Crippen molar-refractivity contribution in [3.63, 3.8) is 0 Å². The lowest BCUT2D eigenvalue weighted by atomic mass is 10.1. The lowest BCUT2D eigenvalue weighted by Gasteiger charge is -2.14. The molecule has 0 fully saturated rings. The summed E-state index contributed by atoms with van der Waals surface area (Å²) in [6.45, 7) is 8.25. The Balaban J connectivity index is 0.00000169. The highest BCUT2D eigenvalue weighted by Crippen LogP contribution is 1.97. The van der Waals surface area contributed by atoms with Crippen LogP contribution in [0.1, 0.15) is 19.4 Å². The van der Waals surface area contributed by atoms with E-state index in [9.17, 15) is 0 Å². The zero-order valence-corrected chi connectivity index (χ0v) is 9.16. The van der Waals surface area contributed by atoms with Gasteiger partial charge in [0, 0.05) is 6.42 Å². The molecule has 0 atom stereocenters. The smallest absolute Gasteiger partial charge is 0.0811 e. The standard InChI is InChI=1S/C12H19N.H2O/c1-3-13(4-2)11-10-12-8-6-5-7-9-12;/h5-9H,3-4,10-11H2,1-2H3;1H2. The van der Waals surface area contributed by atoms with Gasteiger partial charge in [0.15, 0.2) is 0 Å². The number of benzene rings is 1. The van der Waals surface area contributed by atoms with Crippen LogP contribution >= 0.6 is 0 Å². The molecule has 1 aromatic rings. The predicted octanol–water partition coefficient (Wildman–Crippen LogP) is 0.977. The summed E-state index contributed by atoms with van der Waals surface area (Å²) >= 11 is 0. The Bertz CT molecular complexity index is 219. The van der Waals surface area contributed by atoms with Gasteiger partial charge in [0.2, 0.25) is 0 Å². The molecule has 0 aliphatic carbocycles. The first-order chi connectivity index (χ1) is 6.36. The maximum atomic E-state index is 2.25. The van der Waals surface area contributed by atoms with Crippen LogP contribution in [0.2, 0.25) is 0 Å². The third-order valence-electron chi connectivity index (χ3n) is 2.61. The van der Waals surface area contributed by atoms with Crippen molar-refractivity contribution in [2.45, 2.75) is 20.3 Å². The van der Waals surface area contributed by atoms with Gasteiger partial charge in [0.1, 0.15) is 0 Å². The van der Waals surface area contributed by atoms with Crippen molar-refractivity contribution >= 4 is 0 Å². The molecule has 0 saturated heterocycles. The average Bonchev–Trinajstić information content (AvgIpc) is 2.21. The highest BCUT2D eigenvalue weighted by Gasteiger charge is 2.01. The summed E-state index contributed by atoms with van der Waals surface area (Å²) in [6.07, 6.45) is 1.21. The molecule has 0 unspecified atom stereocenters. The Kier molecular flexibility index (Phi) is 7.07. The van der Waals surface area contributed by atoms with Crippen LogP contribution in [0.4, 0.5) is 0 Å². The van der Waals surface area contributed by atoms with Crippen molar-refractivity contribution in [1.82, 2.24) is 0 Å². The Morgan fingerprint density at radius 1 is 1.00 bits per heavy atom. The summed E-state index contributed by atoms with van der Waals surface area (Å²) in [5.74, 6) is 0. The van der Waals surface area contributed by atoms with Gasteiger partial charge in [0.05, 0.1) is 19.6 Å². The van der Waals surface area contributed by atoms with Crippen LogP contribution < -0.4 is 4.90 Å². The fourth-order valence-electron chi connectivity index (χ4n) is 1.57. The zero-order chi connectivity index (χ0) is 9.52. The van der Waals surface area contributed by atoms with E-state index in [4.69, 9.17) is 0 Å². The molecule has 0 spiro atoms. The van der Waals surface area contributed by atoms with Crippen LogP contribution in [0.15, 0.2) is 30.3 Å². The van der Waals surface area contributed by atoms with Crippen LogP contribution in [0, 0.1) is 0 Å². The minimum Gasteiger partial charge on any atom is -0.870 e. The summed E-state index contributed by atoms with van der Waals surface area (Å²) in [4.78, 5) is 1.68. The van der Waals surface area contributed by atoms with Crippen LogP contribution in [-0.2, 0) is 6.42 Å². The second-order valence-electron chi connectivity index (χ2n) is 3.44. The predicted molar refractivity (Wildman–Crippen MR) is 59.0 cm³/mol. The van der Waals surface area contributed by atoms with E-state index in [1.807, 2.05) is 0 Å². The highest BCUT2D eigenvalue weighted by molar-refractivity contribution is 5.14.